The summed E-state index contributed by atoms with van der Waals surface area (Å²) < 4.78 is 49.9. The van der Waals surface area contributed by atoms with Crippen molar-refractivity contribution < 1.29 is 17.6 Å². The maximum absolute atomic E-state index is 13.1. The van der Waals surface area contributed by atoms with Crippen molar-refractivity contribution in [3.63, 3.8) is 0 Å². The van der Waals surface area contributed by atoms with Crippen molar-refractivity contribution >= 4 is 0 Å². The Hall–Kier alpha value is -1.10. The van der Waals surface area contributed by atoms with Crippen LogP contribution in [0.15, 0.2) is 18.2 Å². The second kappa shape index (κ2) is 4.18. The molecule has 1 unspecified atom stereocenters. The molecule has 1 nitrogen and oxygen atoms in total. The molecular formula is C10H11F4N. The quantitative estimate of drug-likeness (QED) is 0.763. The minimum Gasteiger partial charge on any atom is -0.328 e. The van der Waals surface area contributed by atoms with E-state index >= 15 is 0 Å². The summed E-state index contributed by atoms with van der Waals surface area (Å²) in [5.41, 5.74) is 4.56. The predicted octanol–water partition coefficient (Wildman–Crippen LogP) is 2.73. The van der Waals surface area contributed by atoms with Crippen LogP contribution in [0.3, 0.4) is 0 Å². The monoisotopic (exact) mass is 221 g/mol. The molecule has 2 N–H and O–H groups in total. The highest BCUT2D eigenvalue weighted by molar-refractivity contribution is 5.27. The van der Waals surface area contributed by atoms with Gasteiger partial charge < -0.3 is 5.73 Å². The van der Waals surface area contributed by atoms with Crippen LogP contribution in [-0.2, 0) is 12.6 Å². The average molecular weight is 221 g/mol. The van der Waals surface area contributed by atoms with Crippen molar-refractivity contribution in [2.45, 2.75) is 25.6 Å². The van der Waals surface area contributed by atoms with Crippen molar-refractivity contribution in [3.8, 4) is 0 Å². The van der Waals surface area contributed by atoms with Gasteiger partial charge in [-0.3, -0.25) is 0 Å². The van der Waals surface area contributed by atoms with E-state index in [-0.39, 0.29) is 18.0 Å². The van der Waals surface area contributed by atoms with Crippen molar-refractivity contribution in [2.24, 2.45) is 5.73 Å². The normalized spacial score (nSPS) is 14.0. The number of hydrogen-bond acceptors (Lipinski definition) is 1. The number of nitrogens with two attached hydrogens (primary N) is 1. The maximum Gasteiger partial charge on any atom is 0.416 e. The van der Waals surface area contributed by atoms with E-state index in [1.54, 1.807) is 6.92 Å². The zero-order chi connectivity index (χ0) is 11.6. The molecule has 0 heterocycles. The molecule has 0 saturated carbocycles. The molecular weight excluding hydrogens is 210 g/mol. The summed E-state index contributed by atoms with van der Waals surface area (Å²) in [6, 6.07) is 1.97. The summed E-state index contributed by atoms with van der Waals surface area (Å²) in [5, 5.41) is 0. The van der Waals surface area contributed by atoms with Crippen LogP contribution in [0.4, 0.5) is 17.6 Å². The summed E-state index contributed by atoms with van der Waals surface area (Å²) >= 11 is 0. The first-order valence-corrected chi connectivity index (χ1v) is 4.42. The molecule has 0 aliphatic carbocycles. The molecule has 1 aromatic rings. The highest BCUT2D eigenvalue weighted by Crippen LogP contribution is 2.30. The topological polar surface area (TPSA) is 26.0 Å². The average Bonchev–Trinajstić information content (AvgIpc) is 2.06. The van der Waals surface area contributed by atoms with Gasteiger partial charge in [-0.2, -0.15) is 13.2 Å². The fourth-order valence-electron chi connectivity index (χ4n) is 1.25. The molecule has 0 spiro atoms. The zero-order valence-corrected chi connectivity index (χ0v) is 8.11. The fraction of sp³-hybridized carbons (Fsp3) is 0.400. The zero-order valence-electron chi connectivity index (χ0n) is 8.11. The van der Waals surface area contributed by atoms with Gasteiger partial charge in [0.1, 0.15) is 5.82 Å². The lowest BCUT2D eigenvalue weighted by Crippen LogP contribution is -2.19. The van der Waals surface area contributed by atoms with E-state index in [9.17, 15) is 17.6 Å². The van der Waals surface area contributed by atoms with Gasteiger partial charge in [-0.1, -0.05) is 0 Å². The number of alkyl halides is 3. The maximum atomic E-state index is 13.1. The molecule has 0 radical (unpaired) electrons. The molecule has 1 aromatic carbocycles. The summed E-state index contributed by atoms with van der Waals surface area (Å²) in [7, 11) is 0. The molecule has 0 amide bonds. The standard InChI is InChI=1S/C10H11F4N/c1-6(15)4-7-5-8(10(12,13)14)2-3-9(7)11/h2-3,5-6H,4,15H2,1H3. The smallest absolute Gasteiger partial charge is 0.328 e. The minimum absolute atomic E-state index is 0.000162. The van der Waals surface area contributed by atoms with Gasteiger partial charge in [0, 0.05) is 6.04 Å². The first-order valence-electron chi connectivity index (χ1n) is 4.42. The van der Waals surface area contributed by atoms with Crippen LogP contribution < -0.4 is 5.73 Å². The molecule has 5 heteroatoms. The molecule has 0 bridgehead atoms. The van der Waals surface area contributed by atoms with Gasteiger partial charge in [0.15, 0.2) is 0 Å². The second-order valence-corrected chi connectivity index (χ2v) is 3.49. The Morgan fingerprint density at radius 2 is 1.93 bits per heavy atom. The van der Waals surface area contributed by atoms with Gasteiger partial charge in [-0.05, 0) is 37.1 Å². The summed E-state index contributed by atoms with van der Waals surface area (Å²) in [5.74, 6) is -0.652. The van der Waals surface area contributed by atoms with E-state index in [1.807, 2.05) is 0 Å². The number of benzene rings is 1. The van der Waals surface area contributed by atoms with Crippen molar-refractivity contribution in [1.29, 1.82) is 0 Å². The van der Waals surface area contributed by atoms with Gasteiger partial charge in [-0.25, -0.2) is 4.39 Å². The minimum atomic E-state index is -4.44. The molecule has 84 valence electrons. The van der Waals surface area contributed by atoms with Crippen LogP contribution in [0.5, 0.6) is 0 Å². The van der Waals surface area contributed by atoms with E-state index in [0.29, 0.717) is 0 Å². The Balaban J connectivity index is 3.06. The van der Waals surface area contributed by atoms with E-state index < -0.39 is 17.6 Å². The van der Waals surface area contributed by atoms with Crippen LogP contribution in [0.25, 0.3) is 0 Å². The van der Waals surface area contributed by atoms with Gasteiger partial charge in [0.25, 0.3) is 0 Å². The van der Waals surface area contributed by atoms with Crippen molar-refractivity contribution in [1.82, 2.24) is 0 Å². The van der Waals surface area contributed by atoms with E-state index in [1.165, 1.54) is 0 Å². The Labute approximate surface area is 84.9 Å². The SMILES string of the molecule is CC(N)Cc1cc(C(F)(F)F)ccc1F. The third-order valence-corrected chi connectivity index (χ3v) is 1.91. The first-order chi connectivity index (χ1) is 6.80. The molecule has 15 heavy (non-hydrogen) atoms. The fourth-order valence-corrected chi connectivity index (χ4v) is 1.25. The number of halogens is 4. The second-order valence-electron chi connectivity index (χ2n) is 3.49. The number of rotatable bonds is 2. The van der Waals surface area contributed by atoms with E-state index in [2.05, 4.69) is 0 Å². The molecule has 0 aliphatic heterocycles. The molecule has 0 saturated heterocycles. The van der Waals surface area contributed by atoms with Crippen molar-refractivity contribution in [3.05, 3.63) is 35.1 Å². The Morgan fingerprint density at radius 3 is 2.40 bits per heavy atom. The molecule has 1 rings (SSSR count). The Bertz CT molecular complexity index is 344. The van der Waals surface area contributed by atoms with E-state index in [0.717, 1.165) is 18.2 Å². The van der Waals surface area contributed by atoms with Crippen LogP contribution >= 0.6 is 0 Å². The number of hydrogen-bond donors (Lipinski definition) is 1. The Morgan fingerprint density at radius 1 is 1.33 bits per heavy atom. The van der Waals surface area contributed by atoms with Crippen LogP contribution in [0.2, 0.25) is 0 Å². The third-order valence-electron chi connectivity index (χ3n) is 1.91. The Kier molecular flexibility index (Phi) is 3.34. The predicted molar refractivity (Wildman–Crippen MR) is 48.8 cm³/mol. The molecule has 1 atom stereocenters. The molecule has 0 aliphatic rings. The van der Waals surface area contributed by atoms with Gasteiger partial charge in [-0.15, -0.1) is 0 Å². The van der Waals surface area contributed by atoms with Crippen LogP contribution in [0, 0.1) is 5.82 Å². The molecule has 0 aromatic heterocycles. The lowest BCUT2D eigenvalue weighted by Gasteiger charge is -2.11. The third kappa shape index (κ3) is 3.20. The highest BCUT2D eigenvalue weighted by Gasteiger charge is 2.31. The van der Waals surface area contributed by atoms with Gasteiger partial charge in [0.05, 0.1) is 5.56 Å². The lowest BCUT2D eigenvalue weighted by molar-refractivity contribution is -0.137. The van der Waals surface area contributed by atoms with Gasteiger partial charge in [0.2, 0.25) is 0 Å². The first kappa shape index (κ1) is 12.0. The van der Waals surface area contributed by atoms with Gasteiger partial charge >= 0.3 is 6.18 Å². The summed E-state index contributed by atoms with van der Waals surface area (Å²) in [6.07, 6.45) is -4.35. The summed E-state index contributed by atoms with van der Waals surface area (Å²) in [4.78, 5) is 0. The van der Waals surface area contributed by atoms with Crippen LogP contribution in [-0.4, -0.2) is 6.04 Å². The highest BCUT2D eigenvalue weighted by atomic mass is 19.4. The lowest BCUT2D eigenvalue weighted by atomic mass is 10.0. The largest absolute Gasteiger partial charge is 0.416 e. The van der Waals surface area contributed by atoms with Crippen molar-refractivity contribution in [2.75, 3.05) is 0 Å². The summed E-state index contributed by atoms with van der Waals surface area (Å²) in [6.45, 7) is 1.61. The molecule has 0 fully saturated rings. The van der Waals surface area contributed by atoms with E-state index in [4.69, 9.17) is 5.73 Å². The van der Waals surface area contributed by atoms with Crippen LogP contribution in [0.1, 0.15) is 18.1 Å².